The standard InChI is InChI=1S/C11H18N4O2S/c1-7-9(10(12)18)11(15(2)14-7)13-5-8-6-16-3-4-17-8/h8,13H,3-6H2,1-2H3,(H2,12,18). The second kappa shape index (κ2) is 5.64. The van der Waals surface area contributed by atoms with Crippen molar-refractivity contribution >= 4 is 23.0 Å². The maximum atomic E-state index is 5.72. The molecule has 1 saturated heterocycles. The Labute approximate surface area is 111 Å². The molecule has 1 aliphatic rings. The number of nitrogens with two attached hydrogens (primary N) is 1. The summed E-state index contributed by atoms with van der Waals surface area (Å²) in [6.45, 7) is 4.44. The number of ether oxygens (including phenoxy) is 2. The molecule has 1 fully saturated rings. The zero-order valence-corrected chi connectivity index (χ0v) is 11.4. The highest BCUT2D eigenvalue weighted by Gasteiger charge is 2.18. The molecule has 7 heteroatoms. The van der Waals surface area contributed by atoms with E-state index in [1.165, 1.54) is 0 Å². The van der Waals surface area contributed by atoms with Gasteiger partial charge in [0.05, 0.1) is 37.2 Å². The van der Waals surface area contributed by atoms with Crippen molar-refractivity contribution < 1.29 is 9.47 Å². The molecule has 0 saturated carbocycles. The fraction of sp³-hybridized carbons (Fsp3) is 0.636. The van der Waals surface area contributed by atoms with Crippen molar-refractivity contribution in [1.29, 1.82) is 0 Å². The SMILES string of the molecule is Cc1nn(C)c(NCC2COCCO2)c1C(N)=S. The van der Waals surface area contributed by atoms with Crippen LogP contribution in [0.5, 0.6) is 0 Å². The third-order valence-corrected chi connectivity index (χ3v) is 3.05. The van der Waals surface area contributed by atoms with E-state index in [0.29, 0.717) is 31.4 Å². The monoisotopic (exact) mass is 270 g/mol. The summed E-state index contributed by atoms with van der Waals surface area (Å²) in [5, 5.41) is 7.59. The lowest BCUT2D eigenvalue weighted by Gasteiger charge is -2.23. The molecule has 1 unspecified atom stereocenters. The number of rotatable bonds is 4. The summed E-state index contributed by atoms with van der Waals surface area (Å²) in [7, 11) is 1.86. The minimum absolute atomic E-state index is 0.0492. The third-order valence-electron chi connectivity index (χ3n) is 2.85. The first-order chi connectivity index (χ1) is 8.59. The number of nitrogens with zero attached hydrogens (tertiary/aromatic N) is 2. The molecule has 0 aromatic carbocycles. The number of hydrogen-bond acceptors (Lipinski definition) is 5. The Balaban J connectivity index is 2.06. The van der Waals surface area contributed by atoms with Crippen molar-refractivity contribution in [3.05, 3.63) is 11.3 Å². The van der Waals surface area contributed by atoms with Crippen LogP contribution in [0.1, 0.15) is 11.3 Å². The summed E-state index contributed by atoms with van der Waals surface area (Å²) in [6, 6.07) is 0. The Hall–Kier alpha value is -1.18. The molecule has 1 aromatic rings. The molecule has 0 radical (unpaired) electrons. The molecule has 100 valence electrons. The lowest BCUT2D eigenvalue weighted by molar-refractivity contribution is -0.0819. The van der Waals surface area contributed by atoms with Crippen LogP contribution in [-0.2, 0) is 16.5 Å². The van der Waals surface area contributed by atoms with Crippen LogP contribution < -0.4 is 11.1 Å². The van der Waals surface area contributed by atoms with Crippen molar-refractivity contribution in [2.75, 3.05) is 31.7 Å². The van der Waals surface area contributed by atoms with E-state index in [4.69, 9.17) is 27.4 Å². The van der Waals surface area contributed by atoms with Crippen LogP contribution in [0.15, 0.2) is 0 Å². The summed E-state index contributed by atoms with van der Waals surface area (Å²) in [5.74, 6) is 0.828. The van der Waals surface area contributed by atoms with E-state index >= 15 is 0 Å². The van der Waals surface area contributed by atoms with E-state index in [9.17, 15) is 0 Å². The molecule has 2 heterocycles. The lowest BCUT2D eigenvalue weighted by atomic mass is 10.2. The molecule has 0 bridgehead atoms. The van der Waals surface area contributed by atoms with Gasteiger partial charge in [0, 0.05) is 13.6 Å². The molecule has 0 amide bonds. The van der Waals surface area contributed by atoms with Gasteiger partial charge in [-0.1, -0.05) is 12.2 Å². The topological polar surface area (TPSA) is 74.3 Å². The molecule has 1 aromatic heterocycles. The minimum Gasteiger partial charge on any atom is -0.389 e. The molecule has 1 aliphatic heterocycles. The second-order valence-corrected chi connectivity index (χ2v) is 4.69. The molecule has 2 rings (SSSR count). The smallest absolute Gasteiger partial charge is 0.134 e. The minimum atomic E-state index is 0.0492. The van der Waals surface area contributed by atoms with Crippen molar-refractivity contribution in [2.45, 2.75) is 13.0 Å². The molecule has 1 atom stereocenters. The first kappa shape index (κ1) is 13.3. The average molecular weight is 270 g/mol. The van der Waals surface area contributed by atoms with Gasteiger partial charge in [0.25, 0.3) is 0 Å². The number of thiocarbonyl (C=S) groups is 1. The van der Waals surface area contributed by atoms with Gasteiger partial charge in [0.1, 0.15) is 10.8 Å². The van der Waals surface area contributed by atoms with Gasteiger partial charge in [-0.2, -0.15) is 5.10 Å². The fourth-order valence-corrected chi connectivity index (χ4v) is 2.27. The summed E-state index contributed by atoms with van der Waals surface area (Å²) in [4.78, 5) is 0.351. The first-order valence-corrected chi connectivity index (χ1v) is 6.27. The number of aryl methyl sites for hydroxylation is 2. The van der Waals surface area contributed by atoms with Crippen molar-refractivity contribution in [3.63, 3.8) is 0 Å². The van der Waals surface area contributed by atoms with Crippen LogP contribution in [0.25, 0.3) is 0 Å². The summed E-state index contributed by atoms with van der Waals surface area (Å²) in [6.07, 6.45) is 0.0492. The summed E-state index contributed by atoms with van der Waals surface area (Å²) in [5.41, 5.74) is 7.34. The Morgan fingerprint density at radius 1 is 1.61 bits per heavy atom. The molecule has 6 nitrogen and oxygen atoms in total. The molecule has 0 spiro atoms. The molecule has 3 N–H and O–H groups in total. The average Bonchev–Trinajstić information content (AvgIpc) is 2.62. The number of aromatic nitrogens is 2. The number of anilines is 1. The van der Waals surface area contributed by atoms with Crippen molar-refractivity contribution in [3.8, 4) is 0 Å². The van der Waals surface area contributed by atoms with Gasteiger partial charge in [-0.3, -0.25) is 4.68 Å². The first-order valence-electron chi connectivity index (χ1n) is 5.86. The van der Waals surface area contributed by atoms with E-state index in [1.807, 2.05) is 14.0 Å². The van der Waals surface area contributed by atoms with Gasteiger partial charge in [0.15, 0.2) is 0 Å². The zero-order valence-electron chi connectivity index (χ0n) is 10.6. The summed E-state index contributed by atoms with van der Waals surface area (Å²) >= 11 is 5.05. The van der Waals surface area contributed by atoms with Crippen molar-refractivity contribution in [1.82, 2.24) is 9.78 Å². The van der Waals surface area contributed by atoms with Gasteiger partial charge in [-0.15, -0.1) is 0 Å². The molecule has 18 heavy (non-hydrogen) atoms. The van der Waals surface area contributed by atoms with Gasteiger partial charge >= 0.3 is 0 Å². The maximum Gasteiger partial charge on any atom is 0.134 e. The quantitative estimate of drug-likeness (QED) is 0.761. The van der Waals surface area contributed by atoms with Gasteiger partial charge in [-0.25, -0.2) is 0 Å². The zero-order chi connectivity index (χ0) is 13.1. The predicted molar refractivity (Wildman–Crippen MR) is 72.9 cm³/mol. The normalized spacial score (nSPS) is 19.8. The highest BCUT2D eigenvalue weighted by Crippen LogP contribution is 2.18. The van der Waals surface area contributed by atoms with Crippen LogP contribution in [0, 0.1) is 6.92 Å². The molecule has 0 aliphatic carbocycles. The van der Waals surface area contributed by atoms with E-state index < -0.39 is 0 Å². The highest BCUT2D eigenvalue weighted by molar-refractivity contribution is 7.80. The van der Waals surface area contributed by atoms with Gasteiger partial charge < -0.3 is 20.5 Å². The van der Waals surface area contributed by atoms with E-state index in [1.54, 1.807) is 4.68 Å². The number of hydrogen-bond donors (Lipinski definition) is 2. The van der Waals surface area contributed by atoms with Crippen LogP contribution in [0.4, 0.5) is 5.82 Å². The van der Waals surface area contributed by atoms with Gasteiger partial charge in [-0.05, 0) is 6.92 Å². The fourth-order valence-electron chi connectivity index (χ4n) is 2.02. The van der Waals surface area contributed by atoms with Crippen LogP contribution in [-0.4, -0.2) is 47.2 Å². The van der Waals surface area contributed by atoms with Crippen LogP contribution in [0.2, 0.25) is 0 Å². The van der Waals surface area contributed by atoms with Gasteiger partial charge in [0.2, 0.25) is 0 Å². The lowest BCUT2D eigenvalue weighted by Crippen LogP contribution is -2.34. The maximum absolute atomic E-state index is 5.72. The van der Waals surface area contributed by atoms with E-state index in [0.717, 1.165) is 17.1 Å². The Kier molecular flexibility index (Phi) is 4.15. The largest absolute Gasteiger partial charge is 0.389 e. The Bertz CT molecular complexity index is 440. The van der Waals surface area contributed by atoms with E-state index in [2.05, 4.69) is 10.4 Å². The number of nitrogens with one attached hydrogen (secondary N) is 1. The third kappa shape index (κ3) is 2.80. The molecular formula is C11H18N4O2S. The van der Waals surface area contributed by atoms with E-state index in [-0.39, 0.29) is 6.10 Å². The summed E-state index contributed by atoms with van der Waals surface area (Å²) < 4.78 is 12.7. The second-order valence-electron chi connectivity index (χ2n) is 4.25. The van der Waals surface area contributed by atoms with Crippen molar-refractivity contribution in [2.24, 2.45) is 12.8 Å². The van der Waals surface area contributed by atoms with Crippen LogP contribution >= 0.6 is 12.2 Å². The highest BCUT2D eigenvalue weighted by atomic mass is 32.1. The Morgan fingerprint density at radius 3 is 3.00 bits per heavy atom. The molecular weight excluding hydrogens is 252 g/mol. The van der Waals surface area contributed by atoms with Crippen LogP contribution in [0.3, 0.4) is 0 Å². The predicted octanol–water partition coefficient (Wildman–Crippen LogP) is 0.190. The Morgan fingerprint density at radius 2 is 2.39 bits per heavy atom.